The van der Waals surface area contributed by atoms with Crippen LogP contribution in [0.4, 0.5) is 10.5 Å². The van der Waals surface area contributed by atoms with Crippen LogP contribution in [0.3, 0.4) is 0 Å². The Hall–Kier alpha value is -1.70. The Balaban J connectivity index is 2.83. The number of nitrogens with one attached hydrogen (secondary N) is 2. The first kappa shape index (κ1) is 15.4. The molecule has 0 atom stereocenters. The summed E-state index contributed by atoms with van der Waals surface area (Å²) in [5.74, 6) is 5.70. The number of anilines is 1. The third-order valence-electron chi connectivity index (χ3n) is 2.23. The van der Waals surface area contributed by atoms with Gasteiger partial charge in [-0.25, -0.2) is 4.79 Å². The Morgan fingerprint density at radius 3 is 2.95 bits per heavy atom. The molecule has 0 aliphatic carbocycles. The number of carbonyl (C=O) groups is 1. The van der Waals surface area contributed by atoms with Crippen LogP contribution in [0.5, 0.6) is 0 Å². The van der Waals surface area contributed by atoms with E-state index in [0.29, 0.717) is 29.2 Å². The first-order valence-electron chi connectivity index (χ1n) is 6.11. The third-order valence-corrected chi connectivity index (χ3v) is 2.46. The van der Waals surface area contributed by atoms with E-state index in [-0.39, 0.29) is 12.6 Å². The standard InChI is InChI=1S/C14H17ClN2O2/c1-2-8-16-14(19)17-13-10-12(15)7-6-11(13)5-3-4-9-18/h6-7,10,18H,2,4,8-9H2,1H3,(H2,16,17,19). The summed E-state index contributed by atoms with van der Waals surface area (Å²) in [4.78, 5) is 11.6. The lowest BCUT2D eigenvalue weighted by Crippen LogP contribution is -2.29. The molecule has 0 aromatic heterocycles. The summed E-state index contributed by atoms with van der Waals surface area (Å²) in [6.07, 6.45) is 1.26. The van der Waals surface area contributed by atoms with Gasteiger partial charge in [0, 0.05) is 23.6 Å². The molecular weight excluding hydrogens is 264 g/mol. The second-order valence-electron chi connectivity index (χ2n) is 3.85. The van der Waals surface area contributed by atoms with E-state index in [2.05, 4.69) is 22.5 Å². The van der Waals surface area contributed by atoms with E-state index in [1.807, 2.05) is 6.92 Å². The van der Waals surface area contributed by atoms with Crippen LogP contribution < -0.4 is 10.6 Å². The van der Waals surface area contributed by atoms with Gasteiger partial charge >= 0.3 is 6.03 Å². The molecule has 1 rings (SSSR count). The lowest BCUT2D eigenvalue weighted by molar-refractivity contribution is 0.252. The summed E-state index contributed by atoms with van der Waals surface area (Å²) in [6, 6.07) is 4.81. The molecule has 0 spiro atoms. The summed E-state index contributed by atoms with van der Waals surface area (Å²) >= 11 is 5.91. The maximum Gasteiger partial charge on any atom is 0.319 e. The van der Waals surface area contributed by atoms with Crippen molar-refractivity contribution in [3.63, 3.8) is 0 Å². The smallest absolute Gasteiger partial charge is 0.319 e. The second kappa shape index (κ2) is 8.41. The lowest BCUT2D eigenvalue weighted by Gasteiger charge is -2.09. The van der Waals surface area contributed by atoms with Crippen LogP contribution in [0.15, 0.2) is 18.2 Å². The van der Waals surface area contributed by atoms with Gasteiger partial charge in [0.1, 0.15) is 0 Å². The molecule has 0 saturated carbocycles. The molecule has 1 aromatic rings. The Bertz CT molecular complexity index is 492. The summed E-state index contributed by atoms with van der Waals surface area (Å²) in [5.41, 5.74) is 1.23. The maximum atomic E-state index is 11.6. The van der Waals surface area contributed by atoms with Crippen molar-refractivity contribution in [1.82, 2.24) is 5.32 Å². The molecular formula is C14H17ClN2O2. The Morgan fingerprint density at radius 2 is 2.26 bits per heavy atom. The van der Waals surface area contributed by atoms with E-state index >= 15 is 0 Å². The van der Waals surface area contributed by atoms with Crippen molar-refractivity contribution >= 4 is 23.3 Å². The normalized spacial score (nSPS) is 9.42. The highest BCUT2D eigenvalue weighted by Crippen LogP contribution is 2.20. The van der Waals surface area contributed by atoms with Crippen LogP contribution in [0.1, 0.15) is 25.3 Å². The zero-order valence-electron chi connectivity index (χ0n) is 10.8. The molecule has 2 amide bonds. The Labute approximate surface area is 118 Å². The van der Waals surface area contributed by atoms with Crippen molar-refractivity contribution < 1.29 is 9.90 Å². The van der Waals surface area contributed by atoms with Crippen molar-refractivity contribution in [3.05, 3.63) is 28.8 Å². The SMILES string of the molecule is CCCNC(=O)Nc1cc(Cl)ccc1C#CCCO. The van der Waals surface area contributed by atoms with Gasteiger partial charge in [-0.2, -0.15) is 0 Å². The fourth-order valence-electron chi connectivity index (χ4n) is 1.35. The second-order valence-corrected chi connectivity index (χ2v) is 4.28. The largest absolute Gasteiger partial charge is 0.395 e. The van der Waals surface area contributed by atoms with Crippen LogP contribution >= 0.6 is 11.6 Å². The molecule has 0 radical (unpaired) electrons. The molecule has 1 aromatic carbocycles. The van der Waals surface area contributed by atoms with Crippen molar-refractivity contribution in [2.75, 3.05) is 18.5 Å². The average molecular weight is 281 g/mol. The number of rotatable bonds is 4. The monoisotopic (exact) mass is 280 g/mol. The first-order chi connectivity index (χ1) is 9.17. The van der Waals surface area contributed by atoms with E-state index in [0.717, 1.165) is 6.42 Å². The number of hydrogen-bond acceptors (Lipinski definition) is 2. The van der Waals surface area contributed by atoms with Crippen LogP contribution in [0.2, 0.25) is 5.02 Å². The van der Waals surface area contributed by atoms with Crippen molar-refractivity contribution in [3.8, 4) is 11.8 Å². The molecule has 5 heteroatoms. The number of aliphatic hydroxyl groups is 1. The molecule has 19 heavy (non-hydrogen) atoms. The van der Waals surface area contributed by atoms with E-state index in [1.54, 1.807) is 18.2 Å². The number of halogens is 1. The minimum absolute atomic E-state index is 0.0142. The highest BCUT2D eigenvalue weighted by Gasteiger charge is 2.05. The Morgan fingerprint density at radius 1 is 1.47 bits per heavy atom. The topological polar surface area (TPSA) is 61.4 Å². The number of urea groups is 1. The lowest BCUT2D eigenvalue weighted by atomic mass is 10.2. The number of amides is 2. The molecule has 3 N–H and O–H groups in total. The van der Waals surface area contributed by atoms with Gasteiger partial charge in [0.25, 0.3) is 0 Å². The molecule has 0 saturated heterocycles. The summed E-state index contributed by atoms with van der Waals surface area (Å²) in [6.45, 7) is 2.60. The van der Waals surface area contributed by atoms with E-state index < -0.39 is 0 Å². The van der Waals surface area contributed by atoms with Crippen molar-refractivity contribution in [2.24, 2.45) is 0 Å². The van der Waals surface area contributed by atoms with Gasteiger partial charge in [0.05, 0.1) is 12.3 Å². The van der Waals surface area contributed by atoms with E-state index in [1.165, 1.54) is 0 Å². The molecule has 0 aliphatic heterocycles. The van der Waals surface area contributed by atoms with Crippen LogP contribution in [-0.4, -0.2) is 24.3 Å². The predicted molar refractivity (Wildman–Crippen MR) is 77.3 cm³/mol. The van der Waals surface area contributed by atoms with Gasteiger partial charge < -0.3 is 15.7 Å². The van der Waals surface area contributed by atoms with Crippen LogP contribution in [0.25, 0.3) is 0 Å². The zero-order chi connectivity index (χ0) is 14.1. The fraction of sp³-hybridized carbons (Fsp3) is 0.357. The average Bonchev–Trinajstić information content (AvgIpc) is 2.39. The predicted octanol–water partition coefficient (Wildman–Crippen LogP) is 2.61. The van der Waals surface area contributed by atoms with Gasteiger partial charge in [-0.1, -0.05) is 30.4 Å². The van der Waals surface area contributed by atoms with Gasteiger partial charge in [-0.05, 0) is 24.6 Å². The minimum Gasteiger partial charge on any atom is -0.395 e. The summed E-state index contributed by atoms with van der Waals surface area (Å²) < 4.78 is 0. The zero-order valence-corrected chi connectivity index (χ0v) is 11.5. The number of hydrogen-bond donors (Lipinski definition) is 3. The van der Waals surface area contributed by atoms with Crippen LogP contribution in [-0.2, 0) is 0 Å². The number of aliphatic hydroxyl groups excluding tert-OH is 1. The molecule has 102 valence electrons. The van der Waals surface area contributed by atoms with Gasteiger partial charge in [-0.15, -0.1) is 0 Å². The summed E-state index contributed by atoms with van der Waals surface area (Å²) in [7, 11) is 0. The maximum absolute atomic E-state index is 11.6. The molecule has 0 aliphatic rings. The van der Waals surface area contributed by atoms with Crippen molar-refractivity contribution in [2.45, 2.75) is 19.8 Å². The molecule has 0 bridgehead atoms. The minimum atomic E-state index is -0.283. The molecule has 0 heterocycles. The quantitative estimate of drug-likeness (QED) is 0.743. The fourth-order valence-corrected chi connectivity index (χ4v) is 1.52. The highest BCUT2D eigenvalue weighted by molar-refractivity contribution is 6.31. The van der Waals surface area contributed by atoms with Crippen molar-refractivity contribution in [1.29, 1.82) is 0 Å². The summed E-state index contributed by atoms with van der Waals surface area (Å²) in [5, 5.41) is 14.7. The highest BCUT2D eigenvalue weighted by atomic mass is 35.5. The van der Waals surface area contributed by atoms with Gasteiger partial charge in [0.15, 0.2) is 0 Å². The molecule has 4 nitrogen and oxygen atoms in total. The third kappa shape index (κ3) is 5.64. The van der Waals surface area contributed by atoms with Gasteiger partial charge in [-0.3, -0.25) is 0 Å². The molecule has 0 unspecified atom stereocenters. The Kier molecular flexibility index (Phi) is 6.80. The molecule has 0 fully saturated rings. The first-order valence-corrected chi connectivity index (χ1v) is 6.49. The van der Waals surface area contributed by atoms with Gasteiger partial charge in [0.2, 0.25) is 0 Å². The number of benzene rings is 1. The van der Waals surface area contributed by atoms with Crippen LogP contribution in [0, 0.1) is 11.8 Å². The van der Waals surface area contributed by atoms with E-state index in [4.69, 9.17) is 16.7 Å². The number of carbonyl (C=O) groups excluding carboxylic acids is 1. The van der Waals surface area contributed by atoms with E-state index in [9.17, 15) is 4.79 Å².